The number of aromatic amines is 1. The first-order valence-electron chi connectivity index (χ1n) is 11.1. The third-order valence-electron chi connectivity index (χ3n) is 6.07. The number of carbonyl (C=O) groups is 3. The van der Waals surface area contributed by atoms with Gasteiger partial charge < -0.3 is 30.4 Å². The number of H-pyrrole nitrogens is 1. The summed E-state index contributed by atoms with van der Waals surface area (Å²) in [7, 11) is 0. The SMILES string of the molecule is Cc1[nH]c(/C=C2\C(=O)Nc3ccc(F)cc32)c(C)c1C(=O)NCC[C@H](O)C(=O)N1CCOCC1. The third-order valence-corrected chi connectivity index (χ3v) is 6.07. The number of aliphatic hydroxyl groups is 1. The van der Waals surface area contributed by atoms with Gasteiger partial charge >= 0.3 is 0 Å². The van der Waals surface area contributed by atoms with E-state index in [0.717, 1.165) is 0 Å². The van der Waals surface area contributed by atoms with Gasteiger partial charge in [0.1, 0.15) is 11.9 Å². The molecule has 9 nitrogen and oxygen atoms in total. The molecule has 1 fully saturated rings. The lowest BCUT2D eigenvalue weighted by Crippen LogP contribution is -2.46. The molecule has 2 aliphatic rings. The molecular weight excluding hydrogens is 443 g/mol. The van der Waals surface area contributed by atoms with Crippen LogP contribution in [0.4, 0.5) is 10.1 Å². The fourth-order valence-corrected chi connectivity index (χ4v) is 4.24. The van der Waals surface area contributed by atoms with Crippen molar-refractivity contribution < 1.29 is 28.6 Å². The van der Waals surface area contributed by atoms with Gasteiger partial charge in [0.05, 0.1) is 24.4 Å². The zero-order valence-electron chi connectivity index (χ0n) is 19.0. The number of amides is 3. The van der Waals surface area contributed by atoms with Crippen molar-refractivity contribution in [3.05, 3.63) is 52.1 Å². The summed E-state index contributed by atoms with van der Waals surface area (Å²) in [5, 5.41) is 15.6. The van der Waals surface area contributed by atoms with Crippen molar-refractivity contribution in [3.63, 3.8) is 0 Å². The zero-order valence-corrected chi connectivity index (χ0v) is 19.0. The molecule has 2 aromatic rings. The first-order valence-corrected chi connectivity index (χ1v) is 11.1. The molecule has 34 heavy (non-hydrogen) atoms. The number of fused-ring (bicyclic) bond motifs is 1. The summed E-state index contributed by atoms with van der Waals surface area (Å²) in [6.07, 6.45) is 0.488. The minimum absolute atomic E-state index is 0.0872. The van der Waals surface area contributed by atoms with Crippen molar-refractivity contribution in [2.75, 3.05) is 38.2 Å². The van der Waals surface area contributed by atoms with Crippen molar-refractivity contribution in [2.45, 2.75) is 26.4 Å². The maximum atomic E-state index is 13.7. The van der Waals surface area contributed by atoms with Gasteiger partial charge in [0, 0.05) is 42.3 Å². The van der Waals surface area contributed by atoms with Crippen LogP contribution in [0.1, 0.15) is 39.3 Å². The second-order valence-corrected chi connectivity index (χ2v) is 8.36. The number of aromatic nitrogens is 1. The smallest absolute Gasteiger partial charge is 0.256 e. The van der Waals surface area contributed by atoms with E-state index in [1.807, 2.05) is 0 Å². The molecule has 1 atom stereocenters. The molecule has 0 saturated carbocycles. The van der Waals surface area contributed by atoms with Gasteiger partial charge in [0.25, 0.3) is 17.7 Å². The lowest BCUT2D eigenvalue weighted by molar-refractivity contribution is -0.144. The van der Waals surface area contributed by atoms with Crippen LogP contribution in [0.5, 0.6) is 0 Å². The summed E-state index contributed by atoms with van der Waals surface area (Å²) < 4.78 is 18.9. The minimum atomic E-state index is -1.20. The third kappa shape index (κ3) is 4.73. The number of benzene rings is 1. The largest absolute Gasteiger partial charge is 0.383 e. The lowest BCUT2D eigenvalue weighted by Gasteiger charge is -2.28. The molecule has 180 valence electrons. The number of nitrogens with one attached hydrogen (secondary N) is 3. The molecule has 10 heteroatoms. The Morgan fingerprint density at radius 2 is 2.03 bits per heavy atom. The molecule has 0 unspecified atom stereocenters. The Morgan fingerprint density at radius 3 is 2.76 bits per heavy atom. The van der Waals surface area contributed by atoms with Crippen LogP contribution < -0.4 is 10.6 Å². The number of nitrogens with zero attached hydrogens (tertiary/aromatic N) is 1. The topological polar surface area (TPSA) is 124 Å². The van der Waals surface area contributed by atoms with Gasteiger partial charge in [-0.05, 0) is 50.1 Å². The lowest BCUT2D eigenvalue weighted by atomic mass is 10.0. The maximum Gasteiger partial charge on any atom is 0.256 e. The van der Waals surface area contributed by atoms with Gasteiger partial charge in [-0.1, -0.05) is 0 Å². The van der Waals surface area contributed by atoms with Crippen LogP contribution in [0.2, 0.25) is 0 Å². The quantitative estimate of drug-likeness (QED) is 0.478. The molecule has 1 saturated heterocycles. The molecule has 1 aromatic heterocycles. The Hall–Kier alpha value is -3.50. The van der Waals surface area contributed by atoms with Crippen LogP contribution in [0.25, 0.3) is 11.6 Å². The first-order chi connectivity index (χ1) is 16.3. The van der Waals surface area contributed by atoms with Crippen LogP contribution in [0, 0.1) is 19.7 Å². The average Bonchev–Trinajstić information content (AvgIpc) is 3.28. The van der Waals surface area contributed by atoms with E-state index in [1.54, 1.807) is 24.8 Å². The number of aryl methyl sites for hydroxylation is 1. The predicted molar refractivity (Wildman–Crippen MR) is 124 cm³/mol. The van der Waals surface area contributed by atoms with Crippen LogP contribution in [-0.4, -0.2) is 71.7 Å². The van der Waals surface area contributed by atoms with E-state index < -0.39 is 11.9 Å². The standard InChI is InChI=1S/C24H27FN4O5/c1-13-19(12-17-16-11-15(25)3-4-18(16)28-22(17)31)27-14(2)21(13)23(32)26-6-5-20(30)24(33)29-7-9-34-10-8-29/h3-4,11-12,20,27,30H,5-10H2,1-2H3,(H,26,32)(H,28,31)/b17-12-/t20-/m0/s1. The summed E-state index contributed by atoms with van der Waals surface area (Å²) >= 11 is 0. The van der Waals surface area contributed by atoms with Gasteiger partial charge in [-0.25, -0.2) is 4.39 Å². The molecule has 0 aliphatic carbocycles. The summed E-state index contributed by atoms with van der Waals surface area (Å²) in [4.78, 5) is 42.2. The van der Waals surface area contributed by atoms with Gasteiger partial charge in [-0.2, -0.15) is 0 Å². The number of halogens is 1. The highest BCUT2D eigenvalue weighted by molar-refractivity contribution is 6.34. The summed E-state index contributed by atoms with van der Waals surface area (Å²) in [6, 6.07) is 4.08. The number of ether oxygens (including phenoxy) is 1. The number of carbonyl (C=O) groups excluding carboxylic acids is 3. The number of anilines is 1. The summed E-state index contributed by atoms with van der Waals surface area (Å²) in [5.74, 6) is -1.52. The van der Waals surface area contributed by atoms with Gasteiger partial charge in [0.2, 0.25) is 0 Å². The second kappa shape index (κ2) is 9.78. The van der Waals surface area contributed by atoms with Gasteiger partial charge in [0.15, 0.2) is 0 Å². The first kappa shape index (κ1) is 23.7. The highest BCUT2D eigenvalue weighted by Crippen LogP contribution is 2.34. The number of hydrogen-bond donors (Lipinski definition) is 4. The molecule has 1 aromatic carbocycles. The number of morpholine rings is 1. The highest BCUT2D eigenvalue weighted by Gasteiger charge is 2.27. The van der Waals surface area contributed by atoms with Gasteiger partial charge in [-0.15, -0.1) is 0 Å². The van der Waals surface area contributed by atoms with E-state index >= 15 is 0 Å². The Kier molecular flexibility index (Phi) is 6.80. The molecule has 2 aliphatic heterocycles. The molecule has 4 rings (SSSR count). The van der Waals surface area contributed by atoms with Crippen molar-refractivity contribution in [3.8, 4) is 0 Å². The molecule has 0 spiro atoms. The summed E-state index contributed by atoms with van der Waals surface area (Å²) in [5.41, 5.74) is 3.50. The molecule has 3 heterocycles. The maximum absolute atomic E-state index is 13.7. The average molecular weight is 471 g/mol. The van der Waals surface area contributed by atoms with Crippen molar-refractivity contribution >= 4 is 35.1 Å². The van der Waals surface area contributed by atoms with E-state index in [0.29, 0.717) is 65.6 Å². The van der Waals surface area contributed by atoms with E-state index in [1.165, 1.54) is 18.2 Å². The molecule has 3 amide bonds. The molecular formula is C24H27FN4O5. The van der Waals surface area contributed by atoms with Crippen molar-refractivity contribution in [1.29, 1.82) is 0 Å². The summed E-state index contributed by atoms with van der Waals surface area (Å²) in [6.45, 7) is 5.38. The van der Waals surface area contributed by atoms with Crippen LogP contribution in [0.3, 0.4) is 0 Å². The second-order valence-electron chi connectivity index (χ2n) is 8.36. The molecule has 0 bridgehead atoms. The van der Waals surface area contributed by atoms with Crippen LogP contribution in [0.15, 0.2) is 18.2 Å². The fourth-order valence-electron chi connectivity index (χ4n) is 4.24. The minimum Gasteiger partial charge on any atom is -0.383 e. The van der Waals surface area contributed by atoms with E-state index in [-0.39, 0.29) is 30.7 Å². The number of aliphatic hydroxyl groups excluding tert-OH is 1. The van der Waals surface area contributed by atoms with E-state index in [9.17, 15) is 23.9 Å². The van der Waals surface area contributed by atoms with Crippen molar-refractivity contribution in [2.24, 2.45) is 0 Å². The van der Waals surface area contributed by atoms with Gasteiger partial charge in [-0.3, -0.25) is 14.4 Å². The number of hydrogen-bond acceptors (Lipinski definition) is 5. The fraction of sp³-hybridized carbons (Fsp3) is 0.375. The molecule has 0 radical (unpaired) electrons. The normalized spacial score (nSPS) is 17.5. The molecule has 4 N–H and O–H groups in total. The van der Waals surface area contributed by atoms with Crippen molar-refractivity contribution in [1.82, 2.24) is 15.2 Å². The van der Waals surface area contributed by atoms with E-state index in [4.69, 9.17) is 4.74 Å². The Labute approximate surface area is 196 Å². The zero-order chi connectivity index (χ0) is 24.4. The van der Waals surface area contributed by atoms with E-state index in [2.05, 4.69) is 15.6 Å². The Bertz CT molecular complexity index is 1170. The van der Waals surface area contributed by atoms with Crippen LogP contribution in [-0.2, 0) is 14.3 Å². The monoisotopic (exact) mass is 470 g/mol. The van der Waals surface area contributed by atoms with Crippen LogP contribution >= 0.6 is 0 Å². The Morgan fingerprint density at radius 1 is 1.29 bits per heavy atom. The highest BCUT2D eigenvalue weighted by atomic mass is 19.1. The predicted octanol–water partition coefficient (Wildman–Crippen LogP) is 1.60. The Balaban J connectivity index is 1.43. The number of rotatable bonds is 6.